The van der Waals surface area contributed by atoms with Gasteiger partial charge in [-0.1, -0.05) is 11.3 Å². The number of aromatic nitrogens is 4. The predicted molar refractivity (Wildman–Crippen MR) is 127 cm³/mol. The van der Waals surface area contributed by atoms with Gasteiger partial charge in [-0.2, -0.15) is 0 Å². The summed E-state index contributed by atoms with van der Waals surface area (Å²) in [4.78, 5) is 16.7. The third kappa shape index (κ3) is 5.19. The van der Waals surface area contributed by atoms with Gasteiger partial charge < -0.3 is 21.3 Å². The summed E-state index contributed by atoms with van der Waals surface area (Å²) < 4.78 is 31.2. The molecule has 9 nitrogen and oxygen atoms in total. The molecule has 0 aliphatic heterocycles. The average molecular weight is 501 g/mol. The maximum absolute atomic E-state index is 14.9. The molecule has 0 radical (unpaired) electrons. The minimum atomic E-state index is -1.43. The summed E-state index contributed by atoms with van der Waals surface area (Å²) in [6, 6.07) is 8.50. The SMILES string of the molecule is CC(C)(O)c1cc(F)c(-c2cc(C(N)=O)c(Nc3cccc(-c4cn(CCO)nn4)n3)s2)c(F)c1. The third-order valence-corrected chi connectivity index (χ3v) is 6.18. The van der Waals surface area contributed by atoms with E-state index in [9.17, 15) is 18.7 Å². The van der Waals surface area contributed by atoms with Crippen LogP contribution in [0.2, 0.25) is 0 Å². The van der Waals surface area contributed by atoms with Gasteiger partial charge in [-0.05, 0) is 49.7 Å². The van der Waals surface area contributed by atoms with Gasteiger partial charge in [-0.25, -0.2) is 18.4 Å². The van der Waals surface area contributed by atoms with Crippen LogP contribution in [0.15, 0.2) is 42.6 Å². The molecule has 0 unspecified atom stereocenters. The Hall–Kier alpha value is -3.74. The highest BCUT2D eigenvalue weighted by atomic mass is 32.1. The molecule has 0 aliphatic carbocycles. The summed E-state index contributed by atoms with van der Waals surface area (Å²) in [5, 5.41) is 30.3. The molecule has 0 aliphatic rings. The minimum absolute atomic E-state index is 0.0384. The monoisotopic (exact) mass is 500 g/mol. The number of hydrogen-bond donors (Lipinski definition) is 4. The van der Waals surface area contributed by atoms with E-state index in [-0.39, 0.29) is 39.7 Å². The highest BCUT2D eigenvalue weighted by Crippen LogP contribution is 2.40. The van der Waals surface area contributed by atoms with Crippen molar-refractivity contribution in [2.45, 2.75) is 26.0 Å². The number of nitrogens with zero attached hydrogens (tertiary/aromatic N) is 4. The summed E-state index contributed by atoms with van der Waals surface area (Å²) in [6.45, 7) is 3.05. The summed E-state index contributed by atoms with van der Waals surface area (Å²) in [5.41, 5.74) is 4.83. The zero-order valence-corrected chi connectivity index (χ0v) is 19.6. The summed E-state index contributed by atoms with van der Waals surface area (Å²) in [5.74, 6) is -2.20. The largest absolute Gasteiger partial charge is 0.394 e. The Balaban J connectivity index is 1.69. The molecule has 3 aromatic heterocycles. The standard InChI is InChI=1S/C23H22F2N6O3S/c1-23(2,34)12-8-14(24)20(15(25)9-12)18-10-13(21(26)33)22(35-18)28-19-5-3-4-16(27-19)17-11-31(6-7-32)30-29-17/h3-5,8-11,32,34H,6-7H2,1-2H3,(H2,26,33)(H,27,28). The lowest BCUT2D eigenvalue weighted by Gasteiger charge is -2.18. The normalized spacial score (nSPS) is 11.6. The molecule has 0 spiro atoms. The van der Waals surface area contributed by atoms with Crippen molar-refractivity contribution in [3.8, 4) is 21.8 Å². The van der Waals surface area contributed by atoms with Crippen molar-refractivity contribution in [2.75, 3.05) is 11.9 Å². The predicted octanol–water partition coefficient (Wildman–Crippen LogP) is 3.41. The molecule has 35 heavy (non-hydrogen) atoms. The number of aliphatic hydroxyl groups is 2. The number of thiophene rings is 1. The molecule has 182 valence electrons. The molecule has 4 rings (SSSR count). The average Bonchev–Trinajstić information content (AvgIpc) is 3.41. The van der Waals surface area contributed by atoms with E-state index in [1.165, 1.54) is 24.6 Å². The van der Waals surface area contributed by atoms with Crippen molar-refractivity contribution in [1.82, 2.24) is 20.0 Å². The topological polar surface area (TPSA) is 139 Å². The number of hydrogen-bond acceptors (Lipinski definition) is 8. The number of nitrogens with two attached hydrogens (primary N) is 1. The molecular formula is C23H22F2N6O3S. The van der Waals surface area contributed by atoms with Gasteiger partial charge in [0, 0.05) is 4.88 Å². The number of carbonyl (C=O) groups excluding carboxylic acids is 1. The molecule has 0 saturated carbocycles. The molecule has 5 N–H and O–H groups in total. The van der Waals surface area contributed by atoms with Gasteiger partial charge in [0.1, 0.15) is 28.1 Å². The highest BCUT2D eigenvalue weighted by Gasteiger charge is 2.24. The van der Waals surface area contributed by atoms with Crippen molar-refractivity contribution in [3.05, 3.63) is 65.4 Å². The second-order valence-corrected chi connectivity index (χ2v) is 9.27. The first kappa shape index (κ1) is 24.4. The van der Waals surface area contributed by atoms with Gasteiger partial charge in [-0.3, -0.25) is 4.79 Å². The van der Waals surface area contributed by atoms with Crippen molar-refractivity contribution < 1.29 is 23.8 Å². The quantitative estimate of drug-likeness (QED) is 0.291. The van der Waals surface area contributed by atoms with Crippen LogP contribution in [-0.2, 0) is 12.1 Å². The number of benzene rings is 1. The molecule has 4 aromatic rings. The maximum atomic E-state index is 14.9. The number of nitrogens with one attached hydrogen (secondary N) is 1. The molecular weight excluding hydrogens is 478 g/mol. The lowest BCUT2D eigenvalue weighted by molar-refractivity contribution is 0.0778. The first-order valence-corrected chi connectivity index (χ1v) is 11.3. The fourth-order valence-corrected chi connectivity index (χ4v) is 4.46. The summed E-state index contributed by atoms with van der Waals surface area (Å²) >= 11 is 0.936. The van der Waals surface area contributed by atoms with E-state index >= 15 is 0 Å². The van der Waals surface area contributed by atoms with Crippen molar-refractivity contribution in [2.24, 2.45) is 5.73 Å². The first-order chi connectivity index (χ1) is 16.6. The Kier molecular flexibility index (Phi) is 6.61. The van der Waals surface area contributed by atoms with E-state index in [1.54, 1.807) is 24.4 Å². The zero-order chi connectivity index (χ0) is 25.3. The molecule has 0 saturated heterocycles. The van der Waals surface area contributed by atoms with E-state index in [4.69, 9.17) is 10.8 Å². The Morgan fingerprint density at radius 1 is 1.20 bits per heavy atom. The molecule has 12 heteroatoms. The number of halogens is 2. The second-order valence-electron chi connectivity index (χ2n) is 8.22. The number of anilines is 2. The zero-order valence-electron chi connectivity index (χ0n) is 18.8. The van der Waals surface area contributed by atoms with Crippen LogP contribution in [0.1, 0.15) is 29.8 Å². The summed E-state index contributed by atoms with van der Waals surface area (Å²) in [6.07, 6.45) is 1.63. The van der Waals surface area contributed by atoms with Gasteiger partial charge in [0.25, 0.3) is 5.91 Å². The first-order valence-electron chi connectivity index (χ1n) is 10.5. The number of rotatable bonds is 8. The second kappa shape index (κ2) is 9.49. The minimum Gasteiger partial charge on any atom is -0.394 e. The van der Waals surface area contributed by atoms with Crippen LogP contribution in [0, 0.1) is 11.6 Å². The molecule has 0 fully saturated rings. The molecule has 0 bridgehead atoms. The van der Waals surface area contributed by atoms with Crippen LogP contribution in [0.3, 0.4) is 0 Å². The van der Waals surface area contributed by atoms with Gasteiger partial charge in [0.2, 0.25) is 0 Å². The van der Waals surface area contributed by atoms with Gasteiger partial charge in [-0.15, -0.1) is 16.4 Å². The third-order valence-electron chi connectivity index (χ3n) is 5.11. The smallest absolute Gasteiger partial charge is 0.251 e. The number of pyridine rings is 1. The van der Waals surface area contributed by atoms with Crippen molar-refractivity contribution in [1.29, 1.82) is 0 Å². The van der Waals surface area contributed by atoms with Crippen molar-refractivity contribution in [3.63, 3.8) is 0 Å². The van der Waals surface area contributed by atoms with Crippen LogP contribution >= 0.6 is 11.3 Å². The maximum Gasteiger partial charge on any atom is 0.251 e. The summed E-state index contributed by atoms with van der Waals surface area (Å²) in [7, 11) is 0. The van der Waals surface area contributed by atoms with Gasteiger partial charge >= 0.3 is 0 Å². The fourth-order valence-electron chi connectivity index (χ4n) is 3.34. The van der Waals surface area contributed by atoms with Gasteiger partial charge in [0.05, 0.1) is 41.8 Å². The van der Waals surface area contributed by atoms with E-state index in [1.807, 2.05) is 0 Å². The fraction of sp³-hybridized carbons (Fsp3) is 0.217. The number of aliphatic hydroxyl groups excluding tert-OH is 1. The van der Waals surface area contributed by atoms with Crippen LogP contribution in [0.4, 0.5) is 19.6 Å². The highest BCUT2D eigenvalue weighted by molar-refractivity contribution is 7.20. The van der Waals surface area contributed by atoms with Crippen molar-refractivity contribution >= 4 is 28.1 Å². The Labute approximate surface area is 202 Å². The van der Waals surface area contributed by atoms with Crippen LogP contribution in [0.25, 0.3) is 21.8 Å². The van der Waals surface area contributed by atoms with Crippen LogP contribution in [-0.4, -0.2) is 42.7 Å². The Morgan fingerprint density at radius 2 is 1.91 bits per heavy atom. The van der Waals surface area contributed by atoms with E-state index < -0.39 is 23.1 Å². The van der Waals surface area contributed by atoms with E-state index in [2.05, 4.69) is 20.6 Å². The molecule has 1 aromatic carbocycles. The number of carbonyl (C=O) groups is 1. The van der Waals surface area contributed by atoms with Crippen LogP contribution < -0.4 is 11.1 Å². The number of amides is 1. The molecule has 3 heterocycles. The van der Waals surface area contributed by atoms with E-state index in [0.29, 0.717) is 17.2 Å². The Morgan fingerprint density at radius 3 is 2.54 bits per heavy atom. The number of primary amides is 1. The van der Waals surface area contributed by atoms with Gasteiger partial charge in [0.15, 0.2) is 0 Å². The Bertz CT molecular complexity index is 1370. The molecule has 1 amide bonds. The lowest BCUT2D eigenvalue weighted by atomic mass is 9.96. The van der Waals surface area contributed by atoms with Crippen LogP contribution in [0.5, 0.6) is 0 Å². The van der Waals surface area contributed by atoms with E-state index in [0.717, 1.165) is 23.5 Å². The lowest BCUT2D eigenvalue weighted by Crippen LogP contribution is -2.16. The molecule has 0 atom stereocenters.